The maximum absolute atomic E-state index is 14.5. The minimum atomic E-state index is -6.73. The summed E-state index contributed by atoms with van der Waals surface area (Å²) in [6.45, 7) is 0.441. The molecule has 0 saturated heterocycles. The monoisotopic (exact) mass is 411 g/mol. The van der Waals surface area contributed by atoms with Crippen molar-refractivity contribution in [3.05, 3.63) is 39.9 Å². The fraction of sp³-hybridized carbons (Fsp3) is 0.571. The molecule has 1 aliphatic carbocycles. The number of rotatable bonds is 4. The summed E-state index contributed by atoms with van der Waals surface area (Å²) in [5.41, 5.74) is -10.2. The maximum Gasteiger partial charge on any atom is 0.381 e. The van der Waals surface area contributed by atoms with Crippen LogP contribution in [-0.2, 0) is 5.60 Å². The van der Waals surface area contributed by atoms with Gasteiger partial charge in [0.1, 0.15) is 0 Å². The summed E-state index contributed by atoms with van der Waals surface area (Å²) in [4.78, 5) is 9.60. The highest BCUT2D eigenvalue weighted by atomic mass is 19.4. The number of nitrogens with zero attached hydrogens (tertiary/aromatic N) is 1. The van der Waals surface area contributed by atoms with E-state index in [-0.39, 0.29) is 0 Å². The largest absolute Gasteiger partial charge is 0.385 e. The van der Waals surface area contributed by atoms with E-state index >= 15 is 0 Å². The molecule has 1 aromatic rings. The highest BCUT2D eigenvalue weighted by Crippen LogP contribution is 2.70. The van der Waals surface area contributed by atoms with E-state index in [1.54, 1.807) is 0 Å². The highest BCUT2D eigenvalue weighted by molar-refractivity contribution is 5.36. The molecule has 1 unspecified atom stereocenters. The number of halogens is 9. The fourth-order valence-electron chi connectivity index (χ4n) is 2.83. The fourth-order valence-corrected chi connectivity index (χ4v) is 2.83. The summed E-state index contributed by atoms with van der Waals surface area (Å²) >= 11 is 0. The lowest BCUT2D eigenvalue weighted by Gasteiger charge is -2.36. The average molecular weight is 411 g/mol. The molecule has 0 spiro atoms. The molecular weight excluding hydrogens is 401 g/mol. The third-order valence-electron chi connectivity index (χ3n) is 4.47. The molecule has 1 atom stereocenters. The Hall–Kier alpha value is -2.05. The number of nitro benzene ring substituents is 1. The molecule has 4 nitrogen and oxygen atoms in total. The van der Waals surface area contributed by atoms with Crippen molar-refractivity contribution in [1.29, 1.82) is 0 Å². The first-order chi connectivity index (χ1) is 11.9. The molecule has 152 valence electrons. The first-order valence-corrected chi connectivity index (χ1v) is 7.04. The zero-order valence-corrected chi connectivity index (χ0v) is 13.1. The topological polar surface area (TPSA) is 63.4 Å². The van der Waals surface area contributed by atoms with E-state index in [2.05, 4.69) is 0 Å². The second-order valence-corrected chi connectivity index (χ2v) is 6.35. The number of benzene rings is 1. The van der Waals surface area contributed by atoms with Crippen LogP contribution in [0.1, 0.15) is 18.9 Å². The van der Waals surface area contributed by atoms with Crippen LogP contribution in [0.4, 0.5) is 45.2 Å². The van der Waals surface area contributed by atoms with Crippen LogP contribution in [0.2, 0.25) is 0 Å². The molecule has 1 fully saturated rings. The van der Waals surface area contributed by atoms with Crippen molar-refractivity contribution >= 4 is 5.69 Å². The Morgan fingerprint density at radius 3 is 1.59 bits per heavy atom. The van der Waals surface area contributed by atoms with Crippen LogP contribution < -0.4 is 0 Å². The summed E-state index contributed by atoms with van der Waals surface area (Å²) in [5, 5.41) is 20.6. The first kappa shape index (κ1) is 21.3. The van der Waals surface area contributed by atoms with Crippen LogP contribution in [0.5, 0.6) is 0 Å². The van der Waals surface area contributed by atoms with Crippen molar-refractivity contribution in [3.63, 3.8) is 0 Å². The van der Waals surface area contributed by atoms with Crippen molar-refractivity contribution in [2.24, 2.45) is 0 Å². The van der Waals surface area contributed by atoms with Crippen LogP contribution >= 0.6 is 0 Å². The van der Waals surface area contributed by atoms with Crippen molar-refractivity contribution in [2.45, 2.75) is 48.3 Å². The third-order valence-corrected chi connectivity index (χ3v) is 4.47. The lowest BCUT2D eigenvalue weighted by atomic mass is 9.80. The van der Waals surface area contributed by atoms with Gasteiger partial charge in [0.05, 0.1) is 10.5 Å². The summed E-state index contributed by atoms with van der Waals surface area (Å²) in [6.07, 6.45) is -2.54. The molecule has 13 heteroatoms. The van der Waals surface area contributed by atoms with Crippen LogP contribution in [0.25, 0.3) is 0 Å². The average Bonchev–Trinajstić information content (AvgIpc) is 2.57. The third kappa shape index (κ3) is 2.43. The molecule has 1 aliphatic rings. The minimum absolute atomic E-state index is 0.441. The maximum atomic E-state index is 14.5. The zero-order chi connectivity index (χ0) is 21.3. The number of non-ortho nitro benzene ring substituents is 1. The molecule has 1 N–H and O–H groups in total. The van der Waals surface area contributed by atoms with Gasteiger partial charge in [0.15, 0.2) is 0 Å². The van der Waals surface area contributed by atoms with Crippen molar-refractivity contribution in [3.8, 4) is 0 Å². The zero-order valence-electron chi connectivity index (χ0n) is 13.1. The number of nitro groups is 1. The summed E-state index contributed by atoms with van der Waals surface area (Å²) in [6, 6.07) is 2.68. The molecule has 0 bridgehead atoms. The van der Waals surface area contributed by atoms with Crippen molar-refractivity contribution < 1.29 is 49.5 Å². The highest BCUT2D eigenvalue weighted by Gasteiger charge is 3.00. The van der Waals surface area contributed by atoms with Gasteiger partial charge in [-0.25, -0.2) is 4.39 Å². The van der Waals surface area contributed by atoms with Gasteiger partial charge in [0.25, 0.3) is 11.4 Å². The summed E-state index contributed by atoms with van der Waals surface area (Å²) < 4.78 is 122. The van der Waals surface area contributed by atoms with E-state index in [9.17, 15) is 54.7 Å². The van der Waals surface area contributed by atoms with Gasteiger partial charge in [-0.15, -0.1) is 0 Å². The Kier molecular flexibility index (Phi) is 4.32. The molecule has 0 heterocycles. The van der Waals surface area contributed by atoms with Gasteiger partial charge in [0, 0.05) is 18.6 Å². The molecule has 0 aliphatic heterocycles. The number of hydrogen-bond acceptors (Lipinski definition) is 3. The Balaban J connectivity index is 2.54. The smallest absolute Gasteiger partial charge is 0.381 e. The predicted octanol–water partition coefficient (Wildman–Crippen LogP) is 4.46. The second kappa shape index (κ2) is 5.49. The molecule has 27 heavy (non-hydrogen) atoms. The van der Waals surface area contributed by atoms with E-state index in [0.717, 1.165) is 0 Å². The molecule has 0 amide bonds. The SMILES string of the molecule is CC(O)(CC1(F)C(F)(F)C(F)(F)C(F)(F)C1(F)F)c1ccc([N+](=O)[O-])cc1. The van der Waals surface area contributed by atoms with Crippen molar-refractivity contribution in [1.82, 2.24) is 0 Å². The Morgan fingerprint density at radius 2 is 1.26 bits per heavy atom. The van der Waals surface area contributed by atoms with Gasteiger partial charge in [-0.1, -0.05) is 0 Å². The first-order valence-electron chi connectivity index (χ1n) is 7.04. The number of hydrogen-bond donors (Lipinski definition) is 1. The number of alkyl halides is 9. The molecule has 1 aromatic carbocycles. The lowest BCUT2D eigenvalue weighted by molar-refractivity contribution is -0.384. The van der Waals surface area contributed by atoms with E-state index in [1.807, 2.05) is 0 Å². The van der Waals surface area contributed by atoms with E-state index in [0.29, 0.717) is 31.2 Å². The normalized spacial score (nSPS) is 26.3. The van der Waals surface area contributed by atoms with Gasteiger partial charge < -0.3 is 5.11 Å². The van der Waals surface area contributed by atoms with Gasteiger partial charge >= 0.3 is 23.7 Å². The molecule has 0 radical (unpaired) electrons. The van der Waals surface area contributed by atoms with Gasteiger partial charge in [-0.05, 0) is 24.6 Å². The summed E-state index contributed by atoms with van der Waals surface area (Å²) in [7, 11) is 0. The molecule has 1 saturated carbocycles. The Bertz CT molecular complexity index is 736. The number of aliphatic hydroxyl groups is 1. The summed E-state index contributed by atoms with van der Waals surface area (Å²) in [5.74, 6) is -26.5. The van der Waals surface area contributed by atoms with Crippen LogP contribution in [0, 0.1) is 10.1 Å². The predicted molar refractivity (Wildman–Crippen MR) is 70.9 cm³/mol. The van der Waals surface area contributed by atoms with Crippen LogP contribution in [0.3, 0.4) is 0 Å². The van der Waals surface area contributed by atoms with Gasteiger partial charge in [0.2, 0.25) is 0 Å². The molecule has 0 aromatic heterocycles. The van der Waals surface area contributed by atoms with E-state index in [1.165, 1.54) is 0 Å². The Morgan fingerprint density at radius 1 is 0.889 bits per heavy atom. The van der Waals surface area contributed by atoms with E-state index < -0.39 is 57.6 Å². The molecule has 2 rings (SSSR count). The second-order valence-electron chi connectivity index (χ2n) is 6.35. The van der Waals surface area contributed by atoms with Gasteiger partial charge in [-0.2, -0.15) is 35.1 Å². The van der Waals surface area contributed by atoms with Crippen LogP contribution in [0.15, 0.2) is 24.3 Å². The Labute approximate surface area is 144 Å². The lowest BCUT2D eigenvalue weighted by Crippen LogP contribution is -2.57. The van der Waals surface area contributed by atoms with Gasteiger partial charge in [-0.3, -0.25) is 10.1 Å². The quantitative estimate of drug-likeness (QED) is 0.452. The minimum Gasteiger partial charge on any atom is -0.385 e. The van der Waals surface area contributed by atoms with E-state index in [4.69, 9.17) is 0 Å². The van der Waals surface area contributed by atoms with Crippen molar-refractivity contribution in [2.75, 3.05) is 0 Å². The van der Waals surface area contributed by atoms with Crippen LogP contribution in [-0.4, -0.2) is 39.4 Å². The molecular formula is C14H10F9NO3. The standard InChI is InChI=1S/C14H10F9NO3/c1-9(25,7-2-4-8(5-3-7)24(26)27)6-10(15)11(16,17)13(20,21)14(22,23)12(10,18)19/h2-5,25H,6H2,1H3.